The maximum atomic E-state index is 5.86. The molecule has 6 nitrogen and oxygen atoms in total. The van der Waals surface area contributed by atoms with E-state index in [1.807, 2.05) is 0 Å². The minimum atomic E-state index is 0.516. The molecule has 1 aliphatic carbocycles. The standard InChI is InChI=1S/C10H13N5OS/c1-5-13-7(16-14-5)4-12-10-8(6-2-3-6)9(11)15-17-10/h6,12H,2-4H2,1H3,(H2,11,15). The SMILES string of the molecule is Cc1noc(CNc2snc(N)c2C2CC2)n1. The Morgan fingerprint density at radius 2 is 2.35 bits per heavy atom. The van der Waals surface area contributed by atoms with E-state index in [4.69, 9.17) is 10.3 Å². The fraction of sp³-hybridized carbons (Fsp3) is 0.500. The highest BCUT2D eigenvalue weighted by Crippen LogP contribution is 2.47. The average molecular weight is 251 g/mol. The van der Waals surface area contributed by atoms with Crippen molar-refractivity contribution in [3.8, 4) is 0 Å². The van der Waals surface area contributed by atoms with Gasteiger partial charge < -0.3 is 15.6 Å². The molecule has 3 rings (SSSR count). The van der Waals surface area contributed by atoms with Crippen molar-refractivity contribution >= 4 is 22.4 Å². The molecular weight excluding hydrogens is 238 g/mol. The third kappa shape index (κ3) is 2.10. The third-order valence-electron chi connectivity index (χ3n) is 2.71. The van der Waals surface area contributed by atoms with Gasteiger partial charge in [0.25, 0.3) is 0 Å². The average Bonchev–Trinajstić information content (AvgIpc) is 2.95. The summed E-state index contributed by atoms with van der Waals surface area (Å²) in [4.78, 5) is 4.14. The van der Waals surface area contributed by atoms with E-state index in [9.17, 15) is 0 Å². The molecule has 1 aliphatic rings. The summed E-state index contributed by atoms with van der Waals surface area (Å²) in [5.41, 5.74) is 7.02. The minimum absolute atomic E-state index is 0.516. The van der Waals surface area contributed by atoms with Crippen LogP contribution in [0.1, 0.15) is 36.0 Å². The molecule has 1 fully saturated rings. The first-order chi connectivity index (χ1) is 8.24. The van der Waals surface area contributed by atoms with Gasteiger partial charge in [0.15, 0.2) is 5.82 Å². The van der Waals surface area contributed by atoms with Crippen LogP contribution in [0.2, 0.25) is 0 Å². The Labute approximate surface area is 102 Å². The van der Waals surface area contributed by atoms with Crippen LogP contribution in [-0.4, -0.2) is 14.5 Å². The molecule has 2 aromatic rings. The summed E-state index contributed by atoms with van der Waals surface area (Å²) in [7, 11) is 0. The molecule has 1 saturated carbocycles. The highest BCUT2D eigenvalue weighted by molar-refractivity contribution is 7.10. The number of nitrogens with two attached hydrogens (primary N) is 1. The smallest absolute Gasteiger partial charge is 0.245 e. The summed E-state index contributed by atoms with van der Waals surface area (Å²) in [6, 6.07) is 0. The van der Waals surface area contributed by atoms with Gasteiger partial charge in [0, 0.05) is 5.56 Å². The first-order valence-corrected chi connectivity index (χ1v) is 6.29. The van der Waals surface area contributed by atoms with E-state index in [1.54, 1.807) is 6.92 Å². The summed E-state index contributed by atoms with van der Waals surface area (Å²) in [6.45, 7) is 2.31. The van der Waals surface area contributed by atoms with E-state index in [0.717, 1.165) is 10.6 Å². The van der Waals surface area contributed by atoms with Crippen LogP contribution in [0.5, 0.6) is 0 Å². The molecule has 90 valence electrons. The molecule has 0 saturated heterocycles. The predicted molar refractivity (Wildman–Crippen MR) is 64.9 cm³/mol. The number of hydrogen-bond donors (Lipinski definition) is 2. The number of rotatable bonds is 4. The van der Waals surface area contributed by atoms with E-state index < -0.39 is 0 Å². The van der Waals surface area contributed by atoms with E-state index in [0.29, 0.717) is 30.0 Å². The van der Waals surface area contributed by atoms with Gasteiger partial charge in [-0.05, 0) is 37.2 Å². The molecule has 0 spiro atoms. The van der Waals surface area contributed by atoms with Crippen molar-refractivity contribution in [2.24, 2.45) is 0 Å². The number of aromatic nitrogens is 3. The molecule has 7 heteroatoms. The number of nitrogens with zero attached hydrogens (tertiary/aromatic N) is 3. The van der Waals surface area contributed by atoms with Gasteiger partial charge in [0.2, 0.25) is 5.89 Å². The maximum absolute atomic E-state index is 5.86. The number of nitrogens with one attached hydrogen (secondary N) is 1. The molecule has 0 amide bonds. The van der Waals surface area contributed by atoms with Gasteiger partial charge in [-0.3, -0.25) is 0 Å². The Bertz CT molecular complexity index is 531. The van der Waals surface area contributed by atoms with Crippen molar-refractivity contribution in [3.05, 3.63) is 17.3 Å². The second-order valence-electron chi connectivity index (χ2n) is 4.17. The summed E-state index contributed by atoms with van der Waals surface area (Å²) < 4.78 is 9.22. The normalized spacial score (nSPS) is 15.1. The molecule has 3 N–H and O–H groups in total. The molecule has 0 atom stereocenters. The number of nitrogen functional groups attached to an aromatic ring is 1. The molecule has 0 bridgehead atoms. The zero-order valence-corrected chi connectivity index (χ0v) is 10.3. The van der Waals surface area contributed by atoms with Gasteiger partial charge in [-0.1, -0.05) is 5.16 Å². The first-order valence-electron chi connectivity index (χ1n) is 5.52. The lowest BCUT2D eigenvalue weighted by atomic mass is 10.2. The summed E-state index contributed by atoms with van der Waals surface area (Å²) in [6.07, 6.45) is 2.41. The van der Waals surface area contributed by atoms with Crippen molar-refractivity contribution in [3.63, 3.8) is 0 Å². The van der Waals surface area contributed by atoms with Crippen LogP contribution >= 0.6 is 11.5 Å². The topological polar surface area (TPSA) is 89.9 Å². The highest BCUT2D eigenvalue weighted by Gasteiger charge is 2.30. The molecule has 17 heavy (non-hydrogen) atoms. The zero-order chi connectivity index (χ0) is 11.8. The maximum Gasteiger partial charge on any atom is 0.245 e. The molecule has 2 heterocycles. The van der Waals surface area contributed by atoms with Crippen LogP contribution in [0.15, 0.2) is 4.52 Å². The molecule has 0 aromatic carbocycles. The van der Waals surface area contributed by atoms with E-state index >= 15 is 0 Å². The predicted octanol–water partition coefficient (Wildman–Crippen LogP) is 1.91. The molecule has 0 aliphatic heterocycles. The van der Waals surface area contributed by atoms with Crippen LogP contribution in [0.4, 0.5) is 10.8 Å². The lowest BCUT2D eigenvalue weighted by molar-refractivity contribution is 0.379. The lowest BCUT2D eigenvalue weighted by Crippen LogP contribution is -2.01. The number of anilines is 2. The van der Waals surface area contributed by atoms with Crippen LogP contribution in [0.3, 0.4) is 0 Å². The molecule has 0 unspecified atom stereocenters. The van der Waals surface area contributed by atoms with Crippen LogP contribution < -0.4 is 11.1 Å². The van der Waals surface area contributed by atoms with Crippen molar-refractivity contribution in [1.29, 1.82) is 0 Å². The Morgan fingerprint density at radius 1 is 1.53 bits per heavy atom. The number of aryl methyl sites for hydroxylation is 1. The second kappa shape index (κ2) is 3.99. The summed E-state index contributed by atoms with van der Waals surface area (Å²) in [5.74, 6) is 2.46. The van der Waals surface area contributed by atoms with Gasteiger partial charge in [-0.2, -0.15) is 9.36 Å². The molecule has 0 radical (unpaired) electrons. The van der Waals surface area contributed by atoms with Crippen molar-refractivity contribution in [1.82, 2.24) is 14.5 Å². The molecular formula is C10H13N5OS. The summed E-state index contributed by atoms with van der Waals surface area (Å²) >= 11 is 1.39. The van der Waals surface area contributed by atoms with Gasteiger partial charge in [0.1, 0.15) is 10.8 Å². The van der Waals surface area contributed by atoms with Crippen LogP contribution in [-0.2, 0) is 6.54 Å². The number of hydrogen-bond acceptors (Lipinski definition) is 7. The van der Waals surface area contributed by atoms with Crippen molar-refractivity contribution < 1.29 is 4.52 Å². The lowest BCUT2D eigenvalue weighted by Gasteiger charge is -2.03. The Morgan fingerprint density at radius 3 is 3.00 bits per heavy atom. The fourth-order valence-corrected chi connectivity index (χ4v) is 2.57. The van der Waals surface area contributed by atoms with Gasteiger partial charge in [-0.15, -0.1) is 0 Å². The fourth-order valence-electron chi connectivity index (χ4n) is 1.77. The van der Waals surface area contributed by atoms with Gasteiger partial charge >= 0.3 is 0 Å². The zero-order valence-electron chi connectivity index (χ0n) is 9.43. The van der Waals surface area contributed by atoms with E-state index in [1.165, 1.54) is 24.4 Å². The van der Waals surface area contributed by atoms with Crippen LogP contribution in [0.25, 0.3) is 0 Å². The third-order valence-corrected chi connectivity index (χ3v) is 3.55. The first kappa shape index (κ1) is 10.5. The summed E-state index contributed by atoms with van der Waals surface area (Å²) in [5, 5.41) is 8.03. The molecule has 2 aromatic heterocycles. The van der Waals surface area contributed by atoms with E-state index in [-0.39, 0.29) is 0 Å². The van der Waals surface area contributed by atoms with Crippen molar-refractivity contribution in [2.45, 2.75) is 32.2 Å². The van der Waals surface area contributed by atoms with Crippen LogP contribution in [0, 0.1) is 6.92 Å². The quantitative estimate of drug-likeness (QED) is 0.862. The van der Waals surface area contributed by atoms with E-state index in [2.05, 4.69) is 19.8 Å². The van der Waals surface area contributed by atoms with Gasteiger partial charge in [-0.25, -0.2) is 0 Å². The minimum Gasteiger partial charge on any atom is -0.383 e. The Hall–Kier alpha value is -1.63. The van der Waals surface area contributed by atoms with Gasteiger partial charge in [0.05, 0.1) is 6.54 Å². The van der Waals surface area contributed by atoms with Crippen molar-refractivity contribution in [2.75, 3.05) is 11.1 Å². The Balaban J connectivity index is 1.72. The monoisotopic (exact) mass is 251 g/mol. The highest BCUT2D eigenvalue weighted by atomic mass is 32.1. The largest absolute Gasteiger partial charge is 0.383 e. The Kier molecular flexibility index (Phi) is 2.47. The second-order valence-corrected chi connectivity index (χ2v) is 4.95.